The van der Waals surface area contributed by atoms with Gasteiger partial charge in [-0.3, -0.25) is 4.79 Å². The smallest absolute Gasteiger partial charge is 0.185 e. The summed E-state index contributed by atoms with van der Waals surface area (Å²) in [4.78, 5) is 11.7. The van der Waals surface area contributed by atoms with E-state index in [1.807, 2.05) is 0 Å². The summed E-state index contributed by atoms with van der Waals surface area (Å²) in [5.74, 6) is -2.43. The van der Waals surface area contributed by atoms with Crippen molar-refractivity contribution in [1.29, 1.82) is 0 Å². The zero-order chi connectivity index (χ0) is 13.8. The quantitative estimate of drug-likeness (QED) is 0.603. The van der Waals surface area contributed by atoms with Crippen molar-refractivity contribution >= 4 is 11.9 Å². The number of rotatable bonds is 3. The number of carbonyl (C=O) groups excluding carboxylic acids is 1. The van der Waals surface area contributed by atoms with Crippen LogP contribution in [0.1, 0.15) is 15.9 Å². The average molecular weight is 262 g/mol. The standard InChI is InChI=1S/C15H9F3O/c16-12-3-1-2-11(8-12)15(19)7-5-10-4-6-13(17)9-14(10)18/h1-9H/b7-5+. The van der Waals surface area contributed by atoms with E-state index in [0.29, 0.717) is 0 Å². The molecule has 96 valence electrons. The first-order chi connectivity index (χ1) is 9.06. The molecule has 0 fully saturated rings. The van der Waals surface area contributed by atoms with Gasteiger partial charge in [0.25, 0.3) is 0 Å². The van der Waals surface area contributed by atoms with Crippen LogP contribution in [0.5, 0.6) is 0 Å². The third-order valence-corrected chi connectivity index (χ3v) is 2.49. The molecule has 0 unspecified atom stereocenters. The predicted octanol–water partition coefficient (Wildman–Crippen LogP) is 4.00. The second-order valence-electron chi connectivity index (χ2n) is 3.87. The van der Waals surface area contributed by atoms with Crippen molar-refractivity contribution in [2.75, 3.05) is 0 Å². The van der Waals surface area contributed by atoms with E-state index in [4.69, 9.17) is 0 Å². The van der Waals surface area contributed by atoms with Crippen LogP contribution in [0, 0.1) is 17.5 Å². The van der Waals surface area contributed by atoms with Crippen LogP contribution in [-0.2, 0) is 0 Å². The van der Waals surface area contributed by atoms with E-state index >= 15 is 0 Å². The van der Waals surface area contributed by atoms with Gasteiger partial charge >= 0.3 is 0 Å². The molecular weight excluding hydrogens is 253 g/mol. The Balaban J connectivity index is 2.21. The molecule has 2 aromatic rings. The van der Waals surface area contributed by atoms with Crippen LogP contribution in [0.4, 0.5) is 13.2 Å². The Hall–Kier alpha value is -2.36. The van der Waals surface area contributed by atoms with Gasteiger partial charge in [-0.2, -0.15) is 0 Å². The Morgan fingerprint density at radius 1 is 0.947 bits per heavy atom. The highest BCUT2D eigenvalue weighted by Crippen LogP contribution is 2.12. The number of halogens is 3. The van der Waals surface area contributed by atoms with Gasteiger partial charge in [-0.1, -0.05) is 12.1 Å². The van der Waals surface area contributed by atoms with Gasteiger partial charge in [0.1, 0.15) is 17.5 Å². The fourth-order valence-electron chi connectivity index (χ4n) is 1.54. The summed E-state index contributed by atoms with van der Waals surface area (Å²) in [6, 6.07) is 8.22. The van der Waals surface area contributed by atoms with Crippen LogP contribution in [0.15, 0.2) is 48.5 Å². The highest BCUT2D eigenvalue weighted by molar-refractivity contribution is 6.06. The molecule has 19 heavy (non-hydrogen) atoms. The fourth-order valence-corrected chi connectivity index (χ4v) is 1.54. The second kappa shape index (κ2) is 5.52. The van der Waals surface area contributed by atoms with E-state index in [-0.39, 0.29) is 11.1 Å². The lowest BCUT2D eigenvalue weighted by Crippen LogP contribution is -1.95. The monoisotopic (exact) mass is 262 g/mol. The summed E-state index contributed by atoms with van der Waals surface area (Å²) >= 11 is 0. The Morgan fingerprint density at radius 3 is 2.37 bits per heavy atom. The van der Waals surface area contributed by atoms with Gasteiger partial charge in [0.05, 0.1) is 0 Å². The van der Waals surface area contributed by atoms with E-state index in [2.05, 4.69) is 0 Å². The van der Waals surface area contributed by atoms with Gasteiger partial charge in [-0.15, -0.1) is 0 Å². The Bertz CT molecular complexity index is 648. The molecule has 0 aliphatic carbocycles. The van der Waals surface area contributed by atoms with Gasteiger partial charge in [0.2, 0.25) is 0 Å². The first kappa shape index (κ1) is 13.1. The first-order valence-corrected chi connectivity index (χ1v) is 5.49. The zero-order valence-electron chi connectivity index (χ0n) is 9.74. The fraction of sp³-hybridized carbons (Fsp3) is 0. The minimum Gasteiger partial charge on any atom is -0.289 e. The molecular formula is C15H9F3O. The molecule has 0 N–H and O–H groups in total. The molecule has 0 atom stereocenters. The number of carbonyl (C=O) groups is 1. The topological polar surface area (TPSA) is 17.1 Å². The summed E-state index contributed by atoms with van der Waals surface area (Å²) in [6.07, 6.45) is 2.34. The van der Waals surface area contributed by atoms with Crippen LogP contribution >= 0.6 is 0 Å². The second-order valence-corrected chi connectivity index (χ2v) is 3.87. The zero-order valence-corrected chi connectivity index (χ0v) is 9.74. The molecule has 0 radical (unpaired) electrons. The molecule has 0 spiro atoms. The van der Waals surface area contributed by atoms with Crippen LogP contribution in [0.3, 0.4) is 0 Å². The minimum atomic E-state index is -0.761. The highest BCUT2D eigenvalue weighted by Gasteiger charge is 2.04. The lowest BCUT2D eigenvalue weighted by molar-refractivity contribution is 0.104. The molecule has 0 bridgehead atoms. The van der Waals surface area contributed by atoms with Gasteiger partial charge < -0.3 is 0 Å². The summed E-state index contributed by atoms with van der Waals surface area (Å²) < 4.78 is 38.9. The molecule has 0 saturated carbocycles. The van der Waals surface area contributed by atoms with E-state index in [0.717, 1.165) is 24.3 Å². The molecule has 2 aromatic carbocycles. The van der Waals surface area contributed by atoms with Crippen LogP contribution < -0.4 is 0 Å². The van der Waals surface area contributed by atoms with Crippen LogP contribution in [0.2, 0.25) is 0 Å². The molecule has 0 aliphatic rings. The maximum atomic E-state index is 13.3. The normalized spacial score (nSPS) is 10.9. The maximum Gasteiger partial charge on any atom is 0.185 e. The molecule has 1 nitrogen and oxygen atoms in total. The Kier molecular flexibility index (Phi) is 3.80. The van der Waals surface area contributed by atoms with Gasteiger partial charge in [0.15, 0.2) is 5.78 Å². The SMILES string of the molecule is O=C(/C=C/c1ccc(F)cc1F)c1cccc(F)c1. The Labute approximate surface area is 108 Å². The third-order valence-electron chi connectivity index (χ3n) is 2.49. The van der Waals surface area contributed by atoms with E-state index in [1.165, 1.54) is 30.3 Å². The van der Waals surface area contributed by atoms with Crippen molar-refractivity contribution in [3.63, 3.8) is 0 Å². The van der Waals surface area contributed by atoms with Crippen molar-refractivity contribution in [3.8, 4) is 0 Å². The number of hydrogen-bond donors (Lipinski definition) is 0. The van der Waals surface area contributed by atoms with Crippen molar-refractivity contribution in [1.82, 2.24) is 0 Å². The predicted molar refractivity (Wildman–Crippen MR) is 66.1 cm³/mol. The van der Waals surface area contributed by atoms with Gasteiger partial charge in [-0.05, 0) is 36.4 Å². The number of benzene rings is 2. The minimum absolute atomic E-state index is 0.0890. The number of allylic oxidation sites excluding steroid dienone is 1. The molecule has 4 heteroatoms. The summed E-state index contributed by atoms with van der Waals surface area (Å²) in [7, 11) is 0. The van der Waals surface area contributed by atoms with Gasteiger partial charge in [-0.25, -0.2) is 13.2 Å². The molecule has 2 rings (SSSR count). The molecule has 0 aliphatic heterocycles. The van der Waals surface area contributed by atoms with Crippen LogP contribution in [-0.4, -0.2) is 5.78 Å². The van der Waals surface area contributed by atoms with E-state index in [9.17, 15) is 18.0 Å². The van der Waals surface area contributed by atoms with E-state index in [1.54, 1.807) is 0 Å². The molecule has 0 amide bonds. The summed E-state index contributed by atoms with van der Waals surface area (Å²) in [5.41, 5.74) is 0.255. The lowest BCUT2D eigenvalue weighted by atomic mass is 10.1. The lowest BCUT2D eigenvalue weighted by Gasteiger charge is -1.98. The highest BCUT2D eigenvalue weighted by atomic mass is 19.1. The van der Waals surface area contributed by atoms with Gasteiger partial charge in [0, 0.05) is 17.2 Å². The summed E-state index contributed by atoms with van der Waals surface area (Å²) in [5, 5.41) is 0. The third kappa shape index (κ3) is 3.31. The summed E-state index contributed by atoms with van der Waals surface area (Å²) in [6.45, 7) is 0. The van der Waals surface area contributed by atoms with Crippen molar-refractivity contribution in [2.45, 2.75) is 0 Å². The van der Waals surface area contributed by atoms with Crippen molar-refractivity contribution in [2.24, 2.45) is 0 Å². The molecule has 0 heterocycles. The average Bonchev–Trinajstić information content (AvgIpc) is 2.37. The molecule has 0 saturated heterocycles. The van der Waals surface area contributed by atoms with E-state index < -0.39 is 23.2 Å². The Morgan fingerprint density at radius 2 is 1.68 bits per heavy atom. The largest absolute Gasteiger partial charge is 0.289 e. The van der Waals surface area contributed by atoms with Crippen molar-refractivity contribution < 1.29 is 18.0 Å². The maximum absolute atomic E-state index is 13.3. The first-order valence-electron chi connectivity index (χ1n) is 5.49. The van der Waals surface area contributed by atoms with Crippen LogP contribution in [0.25, 0.3) is 6.08 Å². The molecule has 0 aromatic heterocycles. The number of ketones is 1. The number of hydrogen-bond acceptors (Lipinski definition) is 1. The van der Waals surface area contributed by atoms with Crippen molar-refractivity contribution in [3.05, 3.63) is 77.1 Å².